The molecule has 150 valence electrons. The average molecular weight is 359 g/mol. The van der Waals surface area contributed by atoms with Crippen molar-refractivity contribution in [2.24, 2.45) is 0 Å². The van der Waals surface area contributed by atoms with Gasteiger partial charge in [-0.15, -0.1) is 0 Å². The molecule has 4 nitrogen and oxygen atoms in total. The number of ether oxygens (including phenoxy) is 3. The molecule has 2 atom stereocenters. The third-order valence-electron chi connectivity index (χ3n) is 4.91. The van der Waals surface area contributed by atoms with E-state index < -0.39 is 6.29 Å². The topological polar surface area (TPSA) is 47.9 Å². The maximum atomic E-state index is 8.91. The smallest absolute Gasteiger partial charge is 0.181 e. The lowest BCUT2D eigenvalue weighted by molar-refractivity contribution is -0.0970. The van der Waals surface area contributed by atoms with Crippen LogP contribution in [0.25, 0.3) is 0 Å². The Hall–Kier alpha value is -0.160. The first kappa shape index (κ1) is 22.9. The molecule has 2 unspecified atom stereocenters. The second-order valence-electron chi connectivity index (χ2n) is 7.37. The monoisotopic (exact) mass is 358 g/mol. The molecule has 4 heteroatoms. The normalized spacial score (nSPS) is 20.4. The minimum absolute atomic E-state index is 0.0104. The molecule has 0 saturated carbocycles. The van der Waals surface area contributed by atoms with E-state index in [2.05, 4.69) is 6.92 Å². The second-order valence-corrected chi connectivity index (χ2v) is 7.37. The summed E-state index contributed by atoms with van der Waals surface area (Å²) in [5.74, 6) is 0. The molecule has 0 aromatic rings. The zero-order chi connectivity index (χ0) is 18.0. The minimum atomic E-state index is -0.449. The lowest BCUT2D eigenvalue weighted by Crippen LogP contribution is -2.20. The van der Waals surface area contributed by atoms with Gasteiger partial charge in [0.25, 0.3) is 0 Å². The number of aliphatic hydroxyl groups is 1. The van der Waals surface area contributed by atoms with Crippen LogP contribution in [-0.2, 0) is 14.2 Å². The SMILES string of the molecule is CCCCCCCCCCCCCCCCOCC1COC(CO)O1. The van der Waals surface area contributed by atoms with Crippen LogP contribution in [0.4, 0.5) is 0 Å². The molecule has 1 saturated heterocycles. The van der Waals surface area contributed by atoms with Crippen LogP contribution in [0.3, 0.4) is 0 Å². The highest BCUT2D eigenvalue weighted by atomic mass is 16.7. The van der Waals surface area contributed by atoms with Crippen molar-refractivity contribution < 1.29 is 19.3 Å². The zero-order valence-corrected chi connectivity index (χ0v) is 16.6. The van der Waals surface area contributed by atoms with E-state index in [1.807, 2.05) is 0 Å². The highest BCUT2D eigenvalue weighted by molar-refractivity contribution is 4.63. The van der Waals surface area contributed by atoms with Crippen LogP contribution in [-0.4, -0.2) is 43.9 Å². The van der Waals surface area contributed by atoms with Gasteiger partial charge in [-0.3, -0.25) is 0 Å². The van der Waals surface area contributed by atoms with Gasteiger partial charge >= 0.3 is 0 Å². The number of rotatable bonds is 18. The molecule has 0 aromatic carbocycles. The fourth-order valence-corrected chi connectivity index (χ4v) is 3.30. The van der Waals surface area contributed by atoms with E-state index in [1.54, 1.807) is 0 Å². The van der Waals surface area contributed by atoms with E-state index in [4.69, 9.17) is 19.3 Å². The van der Waals surface area contributed by atoms with Gasteiger partial charge in [0.05, 0.1) is 19.8 Å². The van der Waals surface area contributed by atoms with Gasteiger partial charge in [-0.2, -0.15) is 0 Å². The highest BCUT2D eigenvalue weighted by Gasteiger charge is 2.25. The predicted molar refractivity (Wildman–Crippen MR) is 103 cm³/mol. The third kappa shape index (κ3) is 13.7. The summed E-state index contributed by atoms with van der Waals surface area (Å²) in [5.41, 5.74) is 0. The Labute approximate surface area is 155 Å². The molecule has 0 aromatic heterocycles. The summed E-state index contributed by atoms with van der Waals surface area (Å²) < 4.78 is 16.3. The molecule has 1 rings (SSSR count). The number of hydrogen-bond donors (Lipinski definition) is 1. The maximum Gasteiger partial charge on any atom is 0.181 e. The van der Waals surface area contributed by atoms with Gasteiger partial charge < -0.3 is 19.3 Å². The Morgan fingerprint density at radius 1 is 0.800 bits per heavy atom. The van der Waals surface area contributed by atoms with Gasteiger partial charge in [-0.05, 0) is 6.42 Å². The average Bonchev–Trinajstić information content (AvgIpc) is 3.09. The number of unbranched alkanes of at least 4 members (excludes halogenated alkanes) is 13. The van der Waals surface area contributed by atoms with Crippen LogP contribution in [0.1, 0.15) is 96.8 Å². The molecular formula is C21H42O4. The fourth-order valence-electron chi connectivity index (χ4n) is 3.30. The summed E-state index contributed by atoms with van der Waals surface area (Å²) in [7, 11) is 0. The first-order valence-electron chi connectivity index (χ1n) is 10.8. The summed E-state index contributed by atoms with van der Waals surface area (Å²) in [6.45, 7) is 4.12. The summed E-state index contributed by atoms with van der Waals surface area (Å²) in [6, 6.07) is 0. The van der Waals surface area contributed by atoms with E-state index in [1.165, 1.54) is 83.5 Å². The molecule has 0 bridgehead atoms. The molecule has 1 aliphatic heterocycles. The first-order chi connectivity index (χ1) is 12.4. The van der Waals surface area contributed by atoms with Crippen molar-refractivity contribution in [2.45, 2.75) is 109 Å². The van der Waals surface area contributed by atoms with Crippen LogP contribution in [0.2, 0.25) is 0 Å². The predicted octanol–water partition coefficient (Wildman–Crippen LogP) is 5.22. The Morgan fingerprint density at radius 2 is 1.32 bits per heavy atom. The third-order valence-corrected chi connectivity index (χ3v) is 4.91. The molecule has 0 spiro atoms. The van der Waals surface area contributed by atoms with Crippen LogP contribution in [0.5, 0.6) is 0 Å². The molecule has 0 radical (unpaired) electrons. The van der Waals surface area contributed by atoms with E-state index in [0.29, 0.717) is 13.2 Å². The maximum absolute atomic E-state index is 8.91. The van der Waals surface area contributed by atoms with Crippen molar-refractivity contribution in [3.63, 3.8) is 0 Å². The Bertz CT molecular complexity index is 273. The largest absolute Gasteiger partial charge is 0.391 e. The van der Waals surface area contributed by atoms with Crippen molar-refractivity contribution in [2.75, 3.05) is 26.4 Å². The molecule has 1 heterocycles. The van der Waals surface area contributed by atoms with Crippen molar-refractivity contribution >= 4 is 0 Å². The van der Waals surface area contributed by atoms with Crippen molar-refractivity contribution in [3.8, 4) is 0 Å². The van der Waals surface area contributed by atoms with Gasteiger partial charge in [0.1, 0.15) is 6.10 Å². The summed E-state index contributed by atoms with van der Waals surface area (Å²) in [6.07, 6.45) is 18.8. The second kappa shape index (κ2) is 17.3. The van der Waals surface area contributed by atoms with Gasteiger partial charge in [-0.25, -0.2) is 0 Å². The van der Waals surface area contributed by atoms with Crippen LogP contribution in [0.15, 0.2) is 0 Å². The molecule has 1 aliphatic rings. The summed E-state index contributed by atoms with van der Waals surface area (Å²) >= 11 is 0. The molecule has 0 aliphatic carbocycles. The Kier molecular flexibility index (Phi) is 15.8. The van der Waals surface area contributed by atoms with Crippen molar-refractivity contribution in [1.29, 1.82) is 0 Å². The standard InChI is InChI=1S/C21H42O4/c1-2-3-4-5-6-7-8-9-10-11-12-13-14-15-16-23-18-20-19-24-21(17-22)25-20/h20-22H,2-19H2,1H3. The van der Waals surface area contributed by atoms with Crippen LogP contribution < -0.4 is 0 Å². The quantitative estimate of drug-likeness (QED) is 0.341. The number of hydrogen-bond acceptors (Lipinski definition) is 4. The Balaban J connectivity index is 1.68. The minimum Gasteiger partial charge on any atom is -0.391 e. The molecule has 1 fully saturated rings. The lowest BCUT2D eigenvalue weighted by Gasteiger charge is -2.10. The lowest BCUT2D eigenvalue weighted by atomic mass is 10.0. The van der Waals surface area contributed by atoms with Crippen molar-refractivity contribution in [1.82, 2.24) is 0 Å². The van der Waals surface area contributed by atoms with E-state index in [9.17, 15) is 0 Å². The van der Waals surface area contributed by atoms with Crippen LogP contribution in [0, 0.1) is 0 Å². The van der Waals surface area contributed by atoms with E-state index in [-0.39, 0.29) is 12.7 Å². The fraction of sp³-hybridized carbons (Fsp3) is 1.00. The molecule has 0 amide bonds. The van der Waals surface area contributed by atoms with Gasteiger partial charge in [-0.1, -0.05) is 90.4 Å². The molecule has 25 heavy (non-hydrogen) atoms. The molecular weight excluding hydrogens is 316 g/mol. The van der Waals surface area contributed by atoms with Crippen molar-refractivity contribution in [3.05, 3.63) is 0 Å². The van der Waals surface area contributed by atoms with Gasteiger partial charge in [0.2, 0.25) is 0 Å². The Morgan fingerprint density at radius 3 is 1.80 bits per heavy atom. The summed E-state index contributed by atoms with van der Waals surface area (Å²) in [4.78, 5) is 0. The zero-order valence-electron chi connectivity index (χ0n) is 16.6. The van der Waals surface area contributed by atoms with Crippen LogP contribution >= 0.6 is 0 Å². The van der Waals surface area contributed by atoms with Gasteiger partial charge in [0.15, 0.2) is 6.29 Å². The summed E-state index contributed by atoms with van der Waals surface area (Å²) in [5, 5.41) is 8.91. The first-order valence-corrected chi connectivity index (χ1v) is 10.8. The number of aliphatic hydroxyl groups excluding tert-OH is 1. The van der Waals surface area contributed by atoms with E-state index in [0.717, 1.165) is 13.0 Å². The highest BCUT2D eigenvalue weighted by Crippen LogP contribution is 2.14. The molecule has 1 N–H and O–H groups in total. The van der Waals surface area contributed by atoms with E-state index >= 15 is 0 Å². The van der Waals surface area contributed by atoms with Gasteiger partial charge in [0, 0.05) is 6.61 Å².